The molecule has 0 N–H and O–H groups in total. The number of carbonyl (C=O) groups is 1. The Morgan fingerprint density at radius 3 is 2.50 bits per heavy atom. The van der Waals surface area contributed by atoms with Gasteiger partial charge in [0.1, 0.15) is 6.61 Å². The second-order valence-corrected chi connectivity index (χ2v) is 5.21. The van der Waals surface area contributed by atoms with E-state index < -0.39 is 0 Å². The van der Waals surface area contributed by atoms with Gasteiger partial charge in [0.05, 0.1) is 6.54 Å². The van der Waals surface area contributed by atoms with Crippen LogP contribution in [0.1, 0.15) is 17.3 Å². The van der Waals surface area contributed by atoms with Gasteiger partial charge in [0.2, 0.25) is 0 Å². The zero-order valence-corrected chi connectivity index (χ0v) is 12.6. The van der Waals surface area contributed by atoms with Gasteiger partial charge in [-0.1, -0.05) is 30.3 Å². The summed E-state index contributed by atoms with van der Waals surface area (Å²) in [5, 5.41) is 0. The molecule has 0 saturated heterocycles. The number of rotatable bonds is 4. The van der Waals surface area contributed by atoms with Crippen molar-refractivity contribution < 1.29 is 14.3 Å². The van der Waals surface area contributed by atoms with Crippen LogP contribution in [0.25, 0.3) is 0 Å². The minimum absolute atomic E-state index is 0.0190. The SMILES string of the molecule is CCN(C[C@H]1COc2ccccc2O1)C(=O)c1ccccc1. The highest BCUT2D eigenvalue weighted by Gasteiger charge is 2.25. The van der Waals surface area contributed by atoms with Crippen molar-refractivity contribution >= 4 is 5.91 Å². The van der Waals surface area contributed by atoms with Crippen molar-refractivity contribution in [3.8, 4) is 11.5 Å². The lowest BCUT2D eigenvalue weighted by molar-refractivity contribution is 0.0475. The zero-order chi connectivity index (χ0) is 15.4. The van der Waals surface area contributed by atoms with E-state index in [-0.39, 0.29) is 12.0 Å². The van der Waals surface area contributed by atoms with Gasteiger partial charge in [0.25, 0.3) is 5.91 Å². The van der Waals surface area contributed by atoms with Crippen molar-refractivity contribution in [1.29, 1.82) is 0 Å². The van der Waals surface area contributed by atoms with E-state index in [1.54, 1.807) is 4.90 Å². The van der Waals surface area contributed by atoms with Crippen LogP contribution in [-0.2, 0) is 0 Å². The molecule has 1 aliphatic rings. The topological polar surface area (TPSA) is 38.8 Å². The first-order valence-corrected chi connectivity index (χ1v) is 7.50. The van der Waals surface area contributed by atoms with Crippen molar-refractivity contribution in [2.24, 2.45) is 0 Å². The van der Waals surface area contributed by atoms with Crippen LogP contribution in [0.4, 0.5) is 0 Å². The average molecular weight is 297 g/mol. The number of hydrogen-bond acceptors (Lipinski definition) is 3. The third-order valence-electron chi connectivity index (χ3n) is 3.68. The molecule has 3 rings (SSSR count). The number of likely N-dealkylation sites (N-methyl/N-ethyl adjacent to an activating group) is 1. The van der Waals surface area contributed by atoms with E-state index in [1.807, 2.05) is 61.5 Å². The van der Waals surface area contributed by atoms with E-state index >= 15 is 0 Å². The summed E-state index contributed by atoms with van der Waals surface area (Å²) in [6.07, 6.45) is -0.150. The fraction of sp³-hybridized carbons (Fsp3) is 0.278. The highest BCUT2D eigenvalue weighted by atomic mass is 16.6. The fourth-order valence-electron chi connectivity index (χ4n) is 2.52. The van der Waals surface area contributed by atoms with Crippen molar-refractivity contribution in [3.63, 3.8) is 0 Å². The summed E-state index contributed by atoms with van der Waals surface area (Å²) in [5.41, 5.74) is 0.696. The Bertz CT molecular complexity index is 642. The Morgan fingerprint density at radius 2 is 1.77 bits per heavy atom. The molecule has 0 spiro atoms. The standard InChI is InChI=1S/C18H19NO3/c1-2-19(18(20)14-8-4-3-5-9-14)12-15-13-21-16-10-6-7-11-17(16)22-15/h3-11,15H,2,12-13H2,1H3/t15-/m0/s1. The van der Waals surface area contributed by atoms with Crippen LogP contribution in [0, 0.1) is 0 Å². The first-order chi connectivity index (χ1) is 10.8. The molecule has 4 heteroatoms. The van der Waals surface area contributed by atoms with Crippen LogP contribution >= 0.6 is 0 Å². The summed E-state index contributed by atoms with van der Waals surface area (Å²) in [5.74, 6) is 1.52. The van der Waals surface area contributed by atoms with Gasteiger partial charge < -0.3 is 14.4 Å². The molecule has 0 fully saturated rings. The molecule has 1 atom stereocenters. The molecule has 0 bridgehead atoms. The van der Waals surface area contributed by atoms with Crippen LogP contribution in [0.3, 0.4) is 0 Å². The van der Waals surface area contributed by atoms with Crippen LogP contribution in [-0.4, -0.2) is 36.6 Å². The van der Waals surface area contributed by atoms with Crippen molar-refractivity contribution in [2.45, 2.75) is 13.0 Å². The quantitative estimate of drug-likeness (QED) is 0.871. The minimum Gasteiger partial charge on any atom is -0.486 e. The monoisotopic (exact) mass is 297 g/mol. The molecule has 0 saturated carbocycles. The lowest BCUT2D eigenvalue weighted by Gasteiger charge is -2.31. The van der Waals surface area contributed by atoms with E-state index in [0.29, 0.717) is 25.3 Å². The molecular formula is C18H19NO3. The molecule has 1 amide bonds. The van der Waals surface area contributed by atoms with E-state index in [1.165, 1.54) is 0 Å². The summed E-state index contributed by atoms with van der Waals surface area (Å²) >= 11 is 0. The van der Waals surface area contributed by atoms with Crippen LogP contribution < -0.4 is 9.47 Å². The summed E-state index contributed by atoms with van der Waals surface area (Å²) in [6.45, 7) is 3.57. The van der Waals surface area contributed by atoms with Crippen LogP contribution in [0.2, 0.25) is 0 Å². The summed E-state index contributed by atoms with van der Waals surface area (Å²) in [4.78, 5) is 14.3. The largest absolute Gasteiger partial charge is 0.486 e. The molecule has 1 aliphatic heterocycles. The van der Waals surface area contributed by atoms with Gasteiger partial charge >= 0.3 is 0 Å². The van der Waals surface area contributed by atoms with E-state index in [2.05, 4.69) is 0 Å². The molecule has 2 aromatic rings. The lowest BCUT2D eigenvalue weighted by Crippen LogP contribution is -2.43. The highest BCUT2D eigenvalue weighted by Crippen LogP contribution is 2.31. The summed E-state index contributed by atoms with van der Waals surface area (Å²) in [6, 6.07) is 16.9. The minimum atomic E-state index is -0.150. The Kier molecular flexibility index (Phi) is 4.28. The molecule has 114 valence electrons. The van der Waals surface area contributed by atoms with Crippen molar-refractivity contribution in [3.05, 3.63) is 60.2 Å². The van der Waals surface area contributed by atoms with Crippen LogP contribution in [0.5, 0.6) is 11.5 Å². The molecule has 4 nitrogen and oxygen atoms in total. The van der Waals surface area contributed by atoms with Crippen molar-refractivity contribution in [2.75, 3.05) is 19.7 Å². The van der Waals surface area contributed by atoms with Gasteiger partial charge in [-0.2, -0.15) is 0 Å². The van der Waals surface area contributed by atoms with Crippen molar-refractivity contribution in [1.82, 2.24) is 4.90 Å². The molecule has 0 aliphatic carbocycles. The molecule has 0 unspecified atom stereocenters. The lowest BCUT2D eigenvalue weighted by atomic mass is 10.2. The number of para-hydroxylation sites is 2. The molecular weight excluding hydrogens is 278 g/mol. The maximum absolute atomic E-state index is 12.5. The number of ether oxygens (including phenoxy) is 2. The third-order valence-corrected chi connectivity index (χ3v) is 3.68. The zero-order valence-electron chi connectivity index (χ0n) is 12.6. The third kappa shape index (κ3) is 3.06. The van der Waals surface area contributed by atoms with Gasteiger partial charge in [-0.15, -0.1) is 0 Å². The Balaban J connectivity index is 1.68. The average Bonchev–Trinajstić information content (AvgIpc) is 2.59. The number of hydrogen-bond donors (Lipinski definition) is 0. The molecule has 1 heterocycles. The Morgan fingerprint density at radius 1 is 1.09 bits per heavy atom. The van der Waals surface area contributed by atoms with Crippen LogP contribution in [0.15, 0.2) is 54.6 Å². The van der Waals surface area contributed by atoms with Gasteiger partial charge in [-0.3, -0.25) is 4.79 Å². The summed E-state index contributed by atoms with van der Waals surface area (Å²) in [7, 11) is 0. The number of amides is 1. The summed E-state index contributed by atoms with van der Waals surface area (Å²) < 4.78 is 11.6. The van der Waals surface area contributed by atoms with E-state index in [4.69, 9.17) is 9.47 Å². The Hall–Kier alpha value is -2.49. The second kappa shape index (κ2) is 6.52. The van der Waals surface area contributed by atoms with E-state index in [9.17, 15) is 4.79 Å². The first kappa shape index (κ1) is 14.4. The van der Waals surface area contributed by atoms with Gasteiger partial charge in [-0.05, 0) is 31.2 Å². The first-order valence-electron chi connectivity index (χ1n) is 7.50. The van der Waals surface area contributed by atoms with E-state index in [0.717, 1.165) is 11.5 Å². The molecule has 0 aromatic heterocycles. The number of benzene rings is 2. The predicted octanol–water partition coefficient (Wildman–Crippen LogP) is 2.99. The normalized spacial score (nSPS) is 16.1. The number of fused-ring (bicyclic) bond motifs is 1. The highest BCUT2D eigenvalue weighted by molar-refractivity contribution is 5.94. The van der Waals surface area contributed by atoms with Gasteiger partial charge in [-0.25, -0.2) is 0 Å². The number of nitrogens with zero attached hydrogens (tertiary/aromatic N) is 1. The second-order valence-electron chi connectivity index (χ2n) is 5.21. The van der Waals surface area contributed by atoms with Gasteiger partial charge in [0, 0.05) is 12.1 Å². The number of carbonyl (C=O) groups excluding carboxylic acids is 1. The maximum Gasteiger partial charge on any atom is 0.253 e. The fourth-order valence-corrected chi connectivity index (χ4v) is 2.52. The Labute approximate surface area is 130 Å². The van der Waals surface area contributed by atoms with Gasteiger partial charge in [0.15, 0.2) is 17.6 Å². The molecule has 22 heavy (non-hydrogen) atoms. The molecule has 0 radical (unpaired) electrons. The smallest absolute Gasteiger partial charge is 0.253 e. The molecule has 2 aromatic carbocycles. The maximum atomic E-state index is 12.5. The predicted molar refractivity (Wildman–Crippen MR) is 84.4 cm³/mol.